The molecule has 148 valence electrons. The van der Waals surface area contributed by atoms with Gasteiger partial charge in [0, 0.05) is 36.9 Å². The van der Waals surface area contributed by atoms with E-state index in [4.69, 9.17) is 9.47 Å². The molecule has 0 bridgehead atoms. The number of rotatable bonds is 7. The Morgan fingerprint density at radius 3 is 2.83 bits per heavy atom. The summed E-state index contributed by atoms with van der Waals surface area (Å²) in [7, 11) is 0. The fourth-order valence-corrected chi connectivity index (χ4v) is 3.10. The molecule has 0 amide bonds. The number of anilines is 1. The van der Waals surface area contributed by atoms with Crippen LogP contribution in [0.3, 0.4) is 0 Å². The fraction of sp³-hybridized carbons (Fsp3) is 0.238. The Balaban J connectivity index is 1.49. The number of benzene rings is 1. The predicted octanol–water partition coefficient (Wildman–Crippen LogP) is 3.83. The number of nitrogens with one attached hydrogen (secondary N) is 1. The van der Waals surface area contributed by atoms with E-state index in [0.717, 1.165) is 12.0 Å². The van der Waals surface area contributed by atoms with Crippen LogP contribution in [0.5, 0.6) is 5.88 Å². The van der Waals surface area contributed by atoms with Crippen molar-refractivity contribution in [2.45, 2.75) is 19.1 Å². The molecule has 2 aromatic heterocycles. The van der Waals surface area contributed by atoms with Gasteiger partial charge in [-0.25, -0.2) is 9.97 Å². The summed E-state index contributed by atoms with van der Waals surface area (Å²) in [6, 6.07) is 16.0. The molecule has 1 aromatic carbocycles. The summed E-state index contributed by atoms with van der Waals surface area (Å²) < 4.78 is 11.2. The lowest BCUT2D eigenvalue weighted by Gasteiger charge is -2.12. The summed E-state index contributed by atoms with van der Waals surface area (Å²) in [5, 5.41) is 14.6. The van der Waals surface area contributed by atoms with Gasteiger partial charge in [-0.3, -0.25) is 10.1 Å². The second-order valence-electron chi connectivity index (χ2n) is 6.65. The van der Waals surface area contributed by atoms with E-state index in [9.17, 15) is 10.1 Å². The van der Waals surface area contributed by atoms with Crippen molar-refractivity contribution < 1.29 is 14.4 Å². The van der Waals surface area contributed by atoms with Crippen LogP contribution >= 0.6 is 0 Å². The fourth-order valence-electron chi connectivity index (χ4n) is 3.10. The molecular weight excluding hydrogens is 372 g/mol. The molecule has 29 heavy (non-hydrogen) atoms. The van der Waals surface area contributed by atoms with Gasteiger partial charge in [0.05, 0.1) is 18.1 Å². The summed E-state index contributed by atoms with van der Waals surface area (Å²) in [4.78, 5) is 19.7. The molecule has 3 aromatic rings. The standard InChI is InChI=1S/C21H20N4O4/c26-25(27)18-6-7-19(24-21(18)16-4-2-1-3-5-16)23-13-15-8-10-22-20(12-15)29-17-9-11-28-14-17/h1-8,10,12,17H,9,11,13-14H2,(H,23,24). The third kappa shape index (κ3) is 4.67. The van der Waals surface area contributed by atoms with Gasteiger partial charge in [0.25, 0.3) is 5.69 Å². The molecule has 1 saturated heterocycles. The SMILES string of the molecule is O=[N+]([O-])c1ccc(NCc2ccnc(OC3CCOC3)c2)nc1-c1ccccc1. The summed E-state index contributed by atoms with van der Waals surface area (Å²) in [6.07, 6.45) is 2.59. The lowest BCUT2D eigenvalue weighted by molar-refractivity contribution is -0.384. The monoisotopic (exact) mass is 392 g/mol. The molecule has 1 atom stereocenters. The Morgan fingerprint density at radius 2 is 2.07 bits per heavy atom. The molecule has 8 nitrogen and oxygen atoms in total. The van der Waals surface area contributed by atoms with Crippen molar-refractivity contribution >= 4 is 11.5 Å². The van der Waals surface area contributed by atoms with Gasteiger partial charge in [-0.2, -0.15) is 0 Å². The maximum Gasteiger partial charge on any atom is 0.295 e. The van der Waals surface area contributed by atoms with Crippen LogP contribution in [0, 0.1) is 10.1 Å². The molecule has 1 unspecified atom stereocenters. The van der Waals surface area contributed by atoms with Crippen LogP contribution in [-0.2, 0) is 11.3 Å². The minimum atomic E-state index is -0.418. The first-order valence-electron chi connectivity index (χ1n) is 9.33. The summed E-state index contributed by atoms with van der Waals surface area (Å²) in [5.74, 6) is 1.11. The van der Waals surface area contributed by atoms with Gasteiger partial charge in [-0.05, 0) is 17.7 Å². The number of nitro groups is 1. The molecule has 0 spiro atoms. The quantitative estimate of drug-likeness (QED) is 0.482. The van der Waals surface area contributed by atoms with Gasteiger partial charge < -0.3 is 14.8 Å². The van der Waals surface area contributed by atoms with E-state index in [0.29, 0.717) is 42.7 Å². The predicted molar refractivity (Wildman–Crippen MR) is 108 cm³/mol. The number of pyridine rings is 2. The zero-order chi connectivity index (χ0) is 20.1. The second-order valence-corrected chi connectivity index (χ2v) is 6.65. The van der Waals surface area contributed by atoms with Crippen molar-refractivity contribution in [2.75, 3.05) is 18.5 Å². The normalized spacial score (nSPS) is 15.8. The molecule has 1 N–H and O–H groups in total. The van der Waals surface area contributed by atoms with E-state index in [-0.39, 0.29) is 11.8 Å². The zero-order valence-corrected chi connectivity index (χ0v) is 15.7. The Kier molecular flexibility index (Phi) is 5.62. The lowest BCUT2D eigenvalue weighted by atomic mass is 10.1. The minimum Gasteiger partial charge on any atom is -0.472 e. The molecule has 0 saturated carbocycles. The highest BCUT2D eigenvalue weighted by Crippen LogP contribution is 2.29. The van der Waals surface area contributed by atoms with Gasteiger partial charge in [0.15, 0.2) is 5.69 Å². The van der Waals surface area contributed by atoms with E-state index in [1.165, 1.54) is 6.07 Å². The number of nitrogens with zero attached hydrogens (tertiary/aromatic N) is 3. The molecule has 0 radical (unpaired) electrons. The first-order valence-corrected chi connectivity index (χ1v) is 9.33. The van der Waals surface area contributed by atoms with Crippen LogP contribution in [0.2, 0.25) is 0 Å². The highest BCUT2D eigenvalue weighted by Gasteiger charge is 2.19. The van der Waals surface area contributed by atoms with Crippen molar-refractivity contribution in [1.29, 1.82) is 0 Å². The molecular formula is C21H20N4O4. The largest absolute Gasteiger partial charge is 0.472 e. The van der Waals surface area contributed by atoms with E-state index in [1.807, 2.05) is 30.3 Å². The van der Waals surface area contributed by atoms with E-state index >= 15 is 0 Å². The van der Waals surface area contributed by atoms with Crippen LogP contribution in [0.15, 0.2) is 60.8 Å². The van der Waals surface area contributed by atoms with Gasteiger partial charge in [-0.1, -0.05) is 30.3 Å². The third-order valence-corrected chi connectivity index (χ3v) is 4.57. The Morgan fingerprint density at radius 1 is 1.21 bits per heavy atom. The summed E-state index contributed by atoms with van der Waals surface area (Å²) in [5.41, 5.74) is 1.97. The minimum absolute atomic E-state index is 0.0277. The van der Waals surface area contributed by atoms with Crippen molar-refractivity contribution in [3.63, 3.8) is 0 Å². The molecule has 8 heteroatoms. The Hall–Kier alpha value is -3.52. The van der Waals surface area contributed by atoms with Gasteiger partial charge in [-0.15, -0.1) is 0 Å². The van der Waals surface area contributed by atoms with Gasteiger partial charge >= 0.3 is 0 Å². The third-order valence-electron chi connectivity index (χ3n) is 4.57. The maximum absolute atomic E-state index is 11.4. The van der Waals surface area contributed by atoms with Crippen LogP contribution in [0.1, 0.15) is 12.0 Å². The smallest absolute Gasteiger partial charge is 0.295 e. The number of hydrogen-bond acceptors (Lipinski definition) is 7. The summed E-state index contributed by atoms with van der Waals surface area (Å²) >= 11 is 0. The number of ether oxygens (including phenoxy) is 2. The van der Waals surface area contributed by atoms with E-state index < -0.39 is 4.92 Å². The first-order chi connectivity index (χ1) is 14.2. The average molecular weight is 392 g/mol. The highest BCUT2D eigenvalue weighted by molar-refractivity contribution is 5.71. The van der Waals surface area contributed by atoms with Crippen LogP contribution in [0.4, 0.5) is 11.5 Å². The topological polar surface area (TPSA) is 99.4 Å². The Labute approximate surface area is 167 Å². The molecule has 1 fully saturated rings. The van der Waals surface area contributed by atoms with Crippen molar-refractivity contribution in [1.82, 2.24) is 9.97 Å². The van der Waals surface area contributed by atoms with E-state index in [1.54, 1.807) is 24.4 Å². The van der Waals surface area contributed by atoms with Gasteiger partial charge in [0.1, 0.15) is 11.9 Å². The average Bonchev–Trinajstić information content (AvgIpc) is 3.26. The Bertz CT molecular complexity index is 991. The number of aromatic nitrogens is 2. The van der Waals surface area contributed by atoms with Crippen LogP contribution < -0.4 is 10.1 Å². The first kappa shape index (κ1) is 18.8. The molecule has 1 aliphatic rings. The molecule has 3 heterocycles. The lowest BCUT2D eigenvalue weighted by Crippen LogP contribution is -2.16. The summed E-state index contributed by atoms with van der Waals surface area (Å²) in [6.45, 7) is 1.78. The highest BCUT2D eigenvalue weighted by atomic mass is 16.6. The second kappa shape index (κ2) is 8.66. The zero-order valence-electron chi connectivity index (χ0n) is 15.7. The van der Waals surface area contributed by atoms with Crippen molar-refractivity contribution in [3.8, 4) is 17.1 Å². The molecule has 0 aliphatic carbocycles. The molecule has 4 rings (SSSR count). The van der Waals surface area contributed by atoms with Crippen LogP contribution in [-0.4, -0.2) is 34.2 Å². The van der Waals surface area contributed by atoms with Crippen molar-refractivity contribution in [2.24, 2.45) is 0 Å². The molecule has 1 aliphatic heterocycles. The van der Waals surface area contributed by atoms with Crippen LogP contribution in [0.25, 0.3) is 11.3 Å². The maximum atomic E-state index is 11.4. The van der Waals surface area contributed by atoms with Gasteiger partial charge in [0.2, 0.25) is 5.88 Å². The van der Waals surface area contributed by atoms with E-state index in [2.05, 4.69) is 15.3 Å². The van der Waals surface area contributed by atoms with Crippen molar-refractivity contribution in [3.05, 3.63) is 76.5 Å². The number of hydrogen-bond donors (Lipinski definition) is 1.